The van der Waals surface area contributed by atoms with Gasteiger partial charge in [-0.1, -0.05) is 35.1 Å². The Morgan fingerprint density at radius 1 is 1.50 bits per heavy atom. The Kier molecular flexibility index (Phi) is 2.80. The van der Waals surface area contributed by atoms with Gasteiger partial charge in [-0.15, -0.1) is 0 Å². The smallest absolute Gasteiger partial charge is 0.348 e. The molecule has 0 unspecified atom stereocenters. The van der Waals surface area contributed by atoms with Crippen molar-refractivity contribution in [3.63, 3.8) is 0 Å². The zero-order chi connectivity index (χ0) is 11.7. The van der Waals surface area contributed by atoms with E-state index in [1.54, 1.807) is 24.3 Å². The normalized spacial score (nSPS) is 10.3. The Labute approximate surface area is 100 Å². The van der Waals surface area contributed by atoms with Gasteiger partial charge in [0.2, 0.25) is 0 Å². The third kappa shape index (κ3) is 2.00. The van der Waals surface area contributed by atoms with Crippen molar-refractivity contribution in [1.29, 1.82) is 0 Å². The maximum Gasteiger partial charge on any atom is 0.348 e. The molecule has 6 heteroatoms. The summed E-state index contributed by atoms with van der Waals surface area (Å²) in [7, 11) is 0. The molecule has 2 aromatic rings. The summed E-state index contributed by atoms with van der Waals surface area (Å²) in [4.78, 5) is 15.1. The van der Waals surface area contributed by atoms with Gasteiger partial charge in [-0.25, -0.2) is 9.78 Å². The molecule has 3 N–H and O–H groups in total. The van der Waals surface area contributed by atoms with Crippen LogP contribution < -0.4 is 5.73 Å². The monoisotopic (exact) mass is 254 g/mol. The van der Waals surface area contributed by atoms with Crippen molar-refractivity contribution in [1.82, 2.24) is 4.98 Å². The second-order valence-corrected chi connectivity index (χ2v) is 4.51. The van der Waals surface area contributed by atoms with Gasteiger partial charge in [0.25, 0.3) is 0 Å². The predicted molar refractivity (Wildman–Crippen MR) is 63.9 cm³/mol. The molecule has 82 valence electrons. The van der Waals surface area contributed by atoms with Crippen molar-refractivity contribution in [2.45, 2.75) is 0 Å². The van der Waals surface area contributed by atoms with Gasteiger partial charge in [0.05, 0.1) is 5.69 Å². The molecule has 0 aliphatic rings. The van der Waals surface area contributed by atoms with Gasteiger partial charge < -0.3 is 10.8 Å². The van der Waals surface area contributed by atoms with Gasteiger partial charge in [-0.2, -0.15) is 0 Å². The van der Waals surface area contributed by atoms with E-state index in [4.69, 9.17) is 22.4 Å². The average molecular weight is 255 g/mol. The van der Waals surface area contributed by atoms with Gasteiger partial charge in [0.1, 0.15) is 4.88 Å². The third-order valence-corrected chi connectivity index (χ3v) is 3.04. The van der Waals surface area contributed by atoms with E-state index < -0.39 is 5.97 Å². The number of anilines is 1. The Bertz CT molecular complexity index is 554. The van der Waals surface area contributed by atoms with E-state index in [2.05, 4.69) is 4.98 Å². The number of nitrogens with zero attached hydrogens (tertiary/aromatic N) is 1. The summed E-state index contributed by atoms with van der Waals surface area (Å²) in [6.07, 6.45) is 0. The first-order valence-corrected chi connectivity index (χ1v) is 5.53. The van der Waals surface area contributed by atoms with E-state index in [1.807, 2.05) is 0 Å². The number of aromatic carboxylic acids is 1. The number of nitrogens with two attached hydrogens (primary N) is 1. The van der Waals surface area contributed by atoms with Crippen LogP contribution in [-0.4, -0.2) is 16.1 Å². The Balaban J connectivity index is 2.59. The highest BCUT2D eigenvalue weighted by Gasteiger charge is 2.17. The summed E-state index contributed by atoms with van der Waals surface area (Å²) in [5.41, 5.74) is 6.51. The van der Waals surface area contributed by atoms with Crippen LogP contribution in [0.3, 0.4) is 0 Å². The van der Waals surface area contributed by atoms with Crippen LogP contribution in [0.5, 0.6) is 0 Å². The van der Waals surface area contributed by atoms with Crippen LogP contribution in [0, 0.1) is 0 Å². The zero-order valence-corrected chi connectivity index (χ0v) is 9.55. The number of carboxylic acid groups (broad SMARTS) is 1. The van der Waals surface area contributed by atoms with Crippen LogP contribution in [0.15, 0.2) is 24.3 Å². The Morgan fingerprint density at radius 2 is 2.25 bits per heavy atom. The van der Waals surface area contributed by atoms with Crippen molar-refractivity contribution in [2.75, 3.05) is 5.73 Å². The van der Waals surface area contributed by atoms with Crippen molar-refractivity contribution in [2.24, 2.45) is 0 Å². The van der Waals surface area contributed by atoms with Crippen molar-refractivity contribution >= 4 is 34.0 Å². The molecule has 0 atom stereocenters. The number of carboxylic acids is 1. The average Bonchev–Trinajstić information content (AvgIpc) is 2.60. The van der Waals surface area contributed by atoms with Crippen LogP contribution in [0.4, 0.5) is 5.13 Å². The van der Waals surface area contributed by atoms with Crippen molar-refractivity contribution in [3.8, 4) is 11.3 Å². The molecule has 0 aliphatic heterocycles. The van der Waals surface area contributed by atoms with E-state index >= 15 is 0 Å². The molecule has 0 amide bonds. The Hall–Kier alpha value is -1.59. The highest BCUT2D eigenvalue weighted by Crippen LogP contribution is 2.30. The minimum Gasteiger partial charge on any atom is -0.477 e. The van der Waals surface area contributed by atoms with Crippen LogP contribution >= 0.6 is 22.9 Å². The number of thiazole rings is 1. The second kappa shape index (κ2) is 4.11. The van der Waals surface area contributed by atoms with Crippen molar-refractivity contribution in [3.05, 3.63) is 34.2 Å². The number of carbonyl (C=O) groups is 1. The molecule has 0 bridgehead atoms. The minimum absolute atomic E-state index is 0.125. The first kappa shape index (κ1) is 10.9. The van der Waals surface area contributed by atoms with Crippen LogP contribution in [-0.2, 0) is 0 Å². The van der Waals surface area contributed by atoms with Gasteiger partial charge >= 0.3 is 5.97 Å². The van der Waals surface area contributed by atoms with E-state index in [9.17, 15) is 4.79 Å². The summed E-state index contributed by atoms with van der Waals surface area (Å²) in [6, 6.07) is 6.84. The summed E-state index contributed by atoms with van der Waals surface area (Å²) in [5, 5.41) is 9.75. The molecule has 0 aliphatic carbocycles. The summed E-state index contributed by atoms with van der Waals surface area (Å²) >= 11 is 6.78. The highest BCUT2D eigenvalue weighted by atomic mass is 35.5. The molecule has 1 aromatic heterocycles. The van der Waals surface area contributed by atoms with Crippen LogP contribution in [0.1, 0.15) is 9.67 Å². The maximum absolute atomic E-state index is 11.0. The molecule has 1 heterocycles. The summed E-state index contributed by atoms with van der Waals surface area (Å²) in [6.45, 7) is 0. The number of nitrogen functional groups attached to an aromatic ring is 1. The molecular formula is C10H7ClN2O2S. The maximum atomic E-state index is 11.0. The lowest BCUT2D eigenvalue weighted by atomic mass is 10.1. The lowest BCUT2D eigenvalue weighted by Crippen LogP contribution is -1.95. The number of aromatic nitrogens is 1. The van der Waals surface area contributed by atoms with E-state index in [0.717, 1.165) is 11.3 Å². The van der Waals surface area contributed by atoms with Crippen molar-refractivity contribution < 1.29 is 9.90 Å². The molecule has 1 aromatic carbocycles. The summed E-state index contributed by atoms with van der Waals surface area (Å²) in [5.74, 6) is -1.04. The fourth-order valence-corrected chi connectivity index (χ4v) is 2.20. The first-order chi connectivity index (χ1) is 7.58. The van der Waals surface area contributed by atoms with E-state index in [-0.39, 0.29) is 10.0 Å². The van der Waals surface area contributed by atoms with Gasteiger partial charge in [-0.3, -0.25) is 0 Å². The molecule has 0 spiro atoms. The molecule has 2 rings (SSSR count). The quantitative estimate of drug-likeness (QED) is 0.864. The molecule has 16 heavy (non-hydrogen) atoms. The zero-order valence-electron chi connectivity index (χ0n) is 7.98. The fourth-order valence-electron chi connectivity index (χ4n) is 1.31. The number of hydrogen-bond donors (Lipinski definition) is 2. The minimum atomic E-state index is -1.04. The highest BCUT2D eigenvalue weighted by molar-refractivity contribution is 7.17. The summed E-state index contributed by atoms with van der Waals surface area (Å²) < 4.78 is 0. The van der Waals surface area contributed by atoms with Gasteiger partial charge in [0.15, 0.2) is 5.13 Å². The van der Waals surface area contributed by atoms with Crippen LogP contribution in [0.25, 0.3) is 11.3 Å². The fraction of sp³-hybridized carbons (Fsp3) is 0. The molecule has 4 nitrogen and oxygen atoms in total. The topological polar surface area (TPSA) is 76.2 Å². The first-order valence-electron chi connectivity index (χ1n) is 4.33. The second-order valence-electron chi connectivity index (χ2n) is 3.05. The lowest BCUT2D eigenvalue weighted by molar-refractivity contribution is 0.0702. The molecule has 0 fully saturated rings. The third-order valence-electron chi connectivity index (χ3n) is 1.94. The lowest BCUT2D eigenvalue weighted by Gasteiger charge is -1.99. The van der Waals surface area contributed by atoms with E-state index in [0.29, 0.717) is 16.3 Å². The van der Waals surface area contributed by atoms with Crippen LogP contribution in [0.2, 0.25) is 5.02 Å². The Morgan fingerprint density at radius 3 is 2.88 bits per heavy atom. The van der Waals surface area contributed by atoms with Gasteiger partial charge in [-0.05, 0) is 12.1 Å². The molecular weight excluding hydrogens is 248 g/mol. The standard InChI is InChI=1S/C10H7ClN2O2S/c11-6-3-1-2-5(4-6)7-8(9(14)15)16-10(12)13-7/h1-4H,(H2,12,13)(H,14,15). The van der Waals surface area contributed by atoms with E-state index in [1.165, 1.54) is 0 Å². The molecule has 0 radical (unpaired) electrons. The number of hydrogen-bond acceptors (Lipinski definition) is 4. The largest absolute Gasteiger partial charge is 0.477 e. The number of halogens is 1. The molecule has 0 saturated carbocycles. The van der Waals surface area contributed by atoms with Gasteiger partial charge in [0, 0.05) is 10.6 Å². The SMILES string of the molecule is Nc1nc(-c2cccc(Cl)c2)c(C(=O)O)s1. The number of benzene rings is 1. The number of rotatable bonds is 2. The molecule has 0 saturated heterocycles. The predicted octanol–water partition coefficient (Wildman–Crippen LogP) is 2.74.